The number of benzene rings is 2. The SMILES string of the molecule is O=C(COc1ccccc1)Nc1cc(F)cc2c1OCC(=O)N2. The summed E-state index contributed by atoms with van der Waals surface area (Å²) in [4.78, 5) is 23.2. The number of halogens is 1. The second-order valence-electron chi connectivity index (χ2n) is 4.82. The second-order valence-corrected chi connectivity index (χ2v) is 4.82. The molecule has 0 saturated carbocycles. The molecule has 1 aliphatic heterocycles. The van der Waals surface area contributed by atoms with Crippen molar-refractivity contribution in [3.8, 4) is 11.5 Å². The van der Waals surface area contributed by atoms with Gasteiger partial charge in [0.25, 0.3) is 11.8 Å². The number of para-hydroxylation sites is 1. The van der Waals surface area contributed by atoms with Crippen molar-refractivity contribution in [2.45, 2.75) is 0 Å². The van der Waals surface area contributed by atoms with E-state index in [0.717, 1.165) is 12.1 Å². The molecule has 7 heteroatoms. The minimum atomic E-state index is -0.603. The molecular formula is C16H13FN2O4. The van der Waals surface area contributed by atoms with Crippen LogP contribution in [0, 0.1) is 5.82 Å². The number of hydrogen-bond donors (Lipinski definition) is 2. The van der Waals surface area contributed by atoms with Crippen LogP contribution in [0.15, 0.2) is 42.5 Å². The molecule has 0 aromatic heterocycles. The summed E-state index contributed by atoms with van der Waals surface area (Å²) >= 11 is 0. The van der Waals surface area contributed by atoms with Crippen molar-refractivity contribution in [3.63, 3.8) is 0 Å². The molecule has 3 rings (SSSR count). The Hall–Kier alpha value is -3.09. The lowest BCUT2D eigenvalue weighted by atomic mass is 10.2. The summed E-state index contributed by atoms with van der Waals surface area (Å²) in [7, 11) is 0. The molecule has 6 nitrogen and oxygen atoms in total. The van der Waals surface area contributed by atoms with Crippen LogP contribution < -0.4 is 20.1 Å². The quantitative estimate of drug-likeness (QED) is 0.906. The molecule has 0 unspecified atom stereocenters. The molecule has 2 N–H and O–H groups in total. The molecule has 2 amide bonds. The van der Waals surface area contributed by atoms with Crippen LogP contribution in [0.4, 0.5) is 15.8 Å². The largest absolute Gasteiger partial charge is 0.484 e. The number of carbonyl (C=O) groups excluding carboxylic acids is 2. The lowest BCUT2D eigenvalue weighted by molar-refractivity contribution is -0.118. The van der Waals surface area contributed by atoms with Gasteiger partial charge in [0.1, 0.15) is 11.6 Å². The van der Waals surface area contributed by atoms with Gasteiger partial charge in [-0.2, -0.15) is 0 Å². The Morgan fingerprint density at radius 2 is 2.09 bits per heavy atom. The van der Waals surface area contributed by atoms with Crippen LogP contribution in [0.3, 0.4) is 0 Å². The first-order chi connectivity index (χ1) is 11.1. The molecule has 2 aromatic carbocycles. The van der Waals surface area contributed by atoms with Crippen LogP contribution in [-0.2, 0) is 9.59 Å². The number of fused-ring (bicyclic) bond motifs is 1. The van der Waals surface area contributed by atoms with E-state index < -0.39 is 11.7 Å². The topological polar surface area (TPSA) is 76.7 Å². The lowest BCUT2D eigenvalue weighted by Crippen LogP contribution is -2.27. The number of amides is 2. The normalized spacial score (nSPS) is 12.7. The van der Waals surface area contributed by atoms with Crippen molar-refractivity contribution in [2.75, 3.05) is 23.8 Å². The Labute approximate surface area is 131 Å². The number of nitrogens with one attached hydrogen (secondary N) is 2. The van der Waals surface area contributed by atoms with Crippen LogP contribution >= 0.6 is 0 Å². The van der Waals surface area contributed by atoms with Crippen molar-refractivity contribution >= 4 is 23.2 Å². The number of rotatable bonds is 4. The summed E-state index contributed by atoms with van der Waals surface area (Å²) in [6, 6.07) is 11.1. The molecule has 0 radical (unpaired) electrons. The first-order valence-electron chi connectivity index (χ1n) is 6.86. The van der Waals surface area contributed by atoms with Gasteiger partial charge in [0, 0.05) is 12.1 Å². The summed E-state index contributed by atoms with van der Waals surface area (Å²) in [6.45, 7) is -0.427. The van der Waals surface area contributed by atoms with Gasteiger partial charge in [-0.05, 0) is 12.1 Å². The molecule has 23 heavy (non-hydrogen) atoms. The zero-order valence-electron chi connectivity index (χ0n) is 12.0. The standard InChI is InChI=1S/C16H13FN2O4/c17-10-6-12(16-13(7-10)19-15(21)9-23-16)18-14(20)8-22-11-4-2-1-3-5-11/h1-7H,8-9H2,(H,18,20)(H,19,21). The Balaban J connectivity index is 1.70. The van der Waals surface area contributed by atoms with Crippen LogP contribution in [0.1, 0.15) is 0 Å². The van der Waals surface area contributed by atoms with E-state index in [9.17, 15) is 14.0 Å². The van der Waals surface area contributed by atoms with Gasteiger partial charge in [-0.25, -0.2) is 4.39 Å². The van der Waals surface area contributed by atoms with Crippen molar-refractivity contribution in [2.24, 2.45) is 0 Å². The average molecular weight is 316 g/mol. The fourth-order valence-corrected chi connectivity index (χ4v) is 2.11. The Morgan fingerprint density at radius 3 is 2.87 bits per heavy atom. The highest BCUT2D eigenvalue weighted by Crippen LogP contribution is 2.36. The van der Waals surface area contributed by atoms with E-state index in [2.05, 4.69) is 10.6 Å². The van der Waals surface area contributed by atoms with Crippen LogP contribution in [0.25, 0.3) is 0 Å². The number of hydrogen-bond acceptors (Lipinski definition) is 4. The van der Waals surface area contributed by atoms with Crippen molar-refractivity contribution in [1.29, 1.82) is 0 Å². The summed E-state index contributed by atoms with van der Waals surface area (Å²) < 4.78 is 24.2. The van der Waals surface area contributed by atoms with Crippen LogP contribution in [0.2, 0.25) is 0 Å². The number of ether oxygens (including phenoxy) is 2. The molecule has 1 aliphatic rings. The van der Waals surface area contributed by atoms with E-state index in [4.69, 9.17) is 9.47 Å². The summed E-state index contributed by atoms with van der Waals surface area (Å²) in [5.74, 6) is -0.685. The van der Waals surface area contributed by atoms with Gasteiger partial charge in [-0.1, -0.05) is 18.2 Å². The van der Waals surface area contributed by atoms with E-state index in [1.54, 1.807) is 24.3 Å². The fourth-order valence-electron chi connectivity index (χ4n) is 2.11. The van der Waals surface area contributed by atoms with E-state index in [-0.39, 0.29) is 36.2 Å². The predicted octanol–water partition coefficient (Wildman–Crippen LogP) is 2.17. The summed E-state index contributed by atoms with van der Waals surface area (Å²) in [5.41, 5.74) is 0.321. The second kappa shape index (κ2) is 6.35. The van der Waals surface area contributed by atoms with E-state index >= 15 is 0 Å². The molecule has 1 heterocycles. The third-order valence-corrected chi connectivity index (χ3v) is 3.06. The maximum absolute atomic E-state index is 13.6. The Bertz CT molecular complexity index is 749. The van der Waals surface area contributed by atoms with E-state index in [1.165, 1.54) is 0 Å². The van der Waals surface area contributed by atoms with Crippen LogP contribution in [0.5, 0.6) is 11.5 Å². The molecule has 0 bridgehead atoms. The van der Waals surface area contributed by atoms with Crippen molar-refractivity contribution < 1.29 is 23.5 Å². The van der Waals surface area contributed by atoms with E-state index in [1.807, 2.05) is 6.07 Å². The molecule has 0 spiro atoms. The van der Waals surface area contributed by atoms with Gasteiger partial charge in [-0.15, -0.1) is 0 Å². The van der Waals surface area contributed by atoms with E-state index in [0.29, 0.717) is 5.75 Å². The predicted molar refractivity (Wildman–Crippen MR) is 81.1 cm³/mol. The lowest BCUT2D eigenvalue weighted by Gasteiger charge is -2.21. The first kappa shape index (κ1) is 14.8. The third kappa shape index (κ3) is 3.57. The van der Waals surface area contributed by atoms with Crippen molar-refractivity contribution in [3.05, 3.63) is 48.3 Å². The molecule has 0 saturated heterocycles. The Morgan fingerprint density at radius 1 is 1.30 bits per heavy atom. The molecule has 0 fully saturated rings. The maximum atomic E-state index is 13.6. The average Bonchev–Trinajstić information content (AvgIpc) is 2.53. The zero-order chi connectivity index (χ0) is 16.2. The van der Waals surface area contributed by atoms with Crippen molar-refractivity contribution in [1.82, 2.24) is 0 Å². The molecule has 0 aliphatic carbocycles. The van der Waals surface area contributed by atoms with Gasteiger partial charge in [0.2, 0.25) is 0 Å². The zero-order valence-corrected chi connectivity index (χ0v) is 12.0. The monoisotopic (exact) mass is 316 g/mol. The number of carbonyl (C=O) groups is 2. The highest BCUT2D eigenvalue weighted by Gasteiger charge is 2.21. The Kier molecular flexibility index (Phi) is 4.09. The summed E-state index contributed by atoms with van der Waals surface area (Å²) in [6.07, 6.45) is 0. The minimum Gasteiger partial charge on any atom is -0.484 e. The maximum Gasteiger partial charge on any atom is 0.262 e. The molecule has 2 aromatic rings. The minimum absolute atomic E-state index is 0.140. The molecule has 0 atom stereocenters. The van der Waals surface area contributed by atoms with Gasteiger partial charge < -0.3 is 20.1 Å². The third-order valence-electron chi connectivity index (χ3n) is 3.06. The smallest absolute Gasteiger partial charge is 0.262 e. The first-order valence-corrected chi connectivity index (χ1v) is 6.86. The van der Waals surface area contributed by atoms with Gasteiger partial charge in [-0.3, -0.25) is 9.59 Å². The molecular weight excluding hydrogens is 303 g/mol. The number of anilines is 2. The van der Waals surface area contributed by atoms with Gasteiger partial charge in [0.15, 0.2) is 19.0 Å². The van der Waals surface area contributed by atoms with Crippen LogP contribution in [-0.4, -0.2) is 25.0 Å². The summed E-state index contributed by atoms with van der Waals surface area (Å²) in [5, 5.41) is 5.00. The highest BCUT2D eigenvalue weighted by molar-refractivity contribution is 6.00. The fraction of sp³-hybridized carbons (Fsp3) is 0.125. The van der Waals surface area contributed by atoms with Gasteiger partial charge in [0.05, 0.1) is 11.4 Å². The highest BCUT2D eigenvalue weighted by atomic mass is 19.1. The molecule has 118 valence electrons. The van der Waals surface area contributed by atoms with Gasteiger partial charge >= 0.3 is 0 Å².